The molecular weight excluding hydrogens is 248 g/mol. The van der Waals surface area contributed by atoms with Crippen molar-refractivity contribution in [1.82, 2.24) is 15.0 Å². The van der Waals surface area contributed by atoms with Crippen LogP contribution in [0.3, 0.4) is 0 Å². The van der Waals surface area contributed by atoms with Gasteiger partial charge in [0.15, 0.2) is 5.82 Å². The van der Waals surface area contributed by atoms with Crippen LogP contribution < -0.4 is 11.3 Å². The van der Waals surface area contributed by atoms with Gasteiger partial charge in [-0.3, -0.25) is 9.59 Å². The van der Waals surface area contributed by atoms with Crippen LogP contribution in [0.25, 0.3) is 11.5 Å². The average Bonchev–Trinajstić information content (AvgIpc) is 2.33. The van der Waals surface area contributed by atoms with Crippen LogP contribution in [0.5, 0.6) is 0 Å². The van der Waals surface area contributed by atoms with Gasteiger partial charge >= 0.3 is 5.97 Å². The summed E-state index contributed by atoms with van der Waals surface area (Å²) in [6, 6.07) is 5.27. The molecule has 0 spiro atoms. The molecule has 19 heavy (non-hydrogen) atoms. The molecule has 2 aromatic heterocycles. The van der Waals surface area contributed by atoms with Crippen molar-refractivity contribution in [3.8, 4) is 11.5 Å². The van der Waals surface area contributed by atoms with E-state index < -0.39 is 17.9 Å². The molecule has 0 atom stereocenters. The number of aromatic amines is 1. The molecule has 0 amide bonds. The molecule has 7 heteroatoms. The van der Waals surface area contributed by atoms with Crippen molar-refractivity contribution >= 4 is 11.8 Å². The van der Waals surface area contributed by atoms with Crippen LogP contribution in [0, 0.1) is 6.92 Å². The van der Waals surface area contributed by atoms with Crippen LogP contribution in [0.1, 0.15) is 11.3 Å². The molecule has 0 aliphatic heterocycles. The van der Waals surface area contributed by atoms with Crippen molar-refractivity contribution in [1.29, 1.82) is 0 Å². The largest absolute Gasteiger partial charge is 0.481 e. The molecule has 0 fully saturated rings. The summed E-state index contributed by atoms with van der Waals surface area (Å²) in [4.78, 5) is 33.1. The second kappa shape index (κ2) is 4.89. The number of anilines is 1. The highest BCUT2D eigenvalue weighted by Gasteiger charge is 2.13. The Morgan fingerprint density at radius 3 is 2.74 bits per heavy atom. The number of pyridine rings is 1. The number of carboxylic acids is 1. The summed E-state index contributed by atoms with van der Waals surface area (Å²) >= 11 is 0. The summed E-state index contributed by atoms with van der Waals surface area (Å²) in [7, 11) is 0. The number of aromatic nitrogens is 3. The van der Waals surface area contributed by atoms with E-state index in [9.17, 15) is 9.59 Å². The van der Waals surface area contributed by atoms with Gasteiger partial charge in [-0.1, -0.05) is 6.07 Å². The predicted molar refractivity (Wildman–Crippen MR) is 68.6 cm³/mol. The number of hydrogen-bond acceptors (Lipinski definition) is 5. The van der Waals surface area contributed by atoms with Crippen LogP contribution in [-0.4, -0.2) is 26.0 Å². The molecule has 0 saturated carbocycles. The lowest BCUT2D eigenvalue weighted by Gasteiger charge is -2.05. The van der Waals surface area contributed by atoms with Gasteiger partial charge in [0.2, 0.25) is 0 Å². The van der Waals surface area contributed by atoms with Crippen molar-refractivity contribution in [2.45, 2.75) is 13.3 Å². The molecule has 98 valence electrons. The summed E-state index contributed by atoms with van der Waals surface area (Å²) in [6.07, 6.45) is -0.463. The Bertz CT molecular complexity index is 694. The molecule has 2 aromatic rings. The molecule has 0 aliphatic carbocycles. The Balaban J connectivity index is 2.51. The minimum atomic E-state index is -1.14. The van der Waals surface area contributed by atoms with E-state index in [1.165, 1.54) is 0 Å². The number of nitrogens with zero attached hydrogens (tertiary/aromatic N) is 2. The molecule has 0 radical (unpaired) electrons. The second-order valence-electron chi connectivity index (χ2n) is 4.01. The summed E-state index contributed by atoms with van der Waals surface area (Å²) in [6.45, 7) is 1.81. The third kappa shape index (κ3) is 2.76. The molecular formula is C12H12N4O3. The number of nitrogens with one attached hydrogen (secondary N) is 1. The van der Waals surface area contributed by atoms with Crippen molar-refractivity contribution in [2.75, 3.05) is 5.73 Å². The van der Waals surface area contributed by atoms with Crippen molar-refractivity contribution in [2.24, 2.45) is 0 Å². The smallest absolute Gasteiger partial charge is 0.308 e. The number of rotatable bonds is 3. The number of carboxylic acid groups (broad SMARTS) is 1. The number of nitrogens with two attached hydrogens (primary N) is 1. The highest BCUT2D eigenvalue weighted by Crippen LogP contribution is 2.13. The highest BCUT2D eigenvalue weighted by atomic mass is 16.4. The number of H-pyrrole nitrogens is 1. The standard InChI is InChI=1S/C12H12N4O3/c1-6-3-2-4-8(14-6)11-15-10(13)7(5-9(17)18)12(19)16-11/h2-4H,5H2,1H3,(H,17,18)(H3,13,15,16,19). The highest BCUT2D eigenvalue weighted by molar-refractivity contribution is 5.72. The molecule has 0 aliphatic rings. The van der Waals surface area contributed by atoms with E-state index in [1.54, 1.807) is 12.1 Å². The Morgan fingerprint density at radius 1 is 1.42 bits per heavy atom. The van der Waals surface area contributed by atoms with Crippen LogP contribution in [0.2, 0.25) is 0 Å². The van der Waals surface area contributed by atoms with Gasteiger partial charge in [-0.15, -0.1) is 0 Å². The second-order valence-corrected chi connectivity index (χ2v) is 4.01. The minimum absolute atomic E-state index is 0.0519. The molecule has 2 heterocycles. The number of aliphatic carboxylic acids is 1. The van der Waals surface area contributed by atoms with Crippen molar-refractivity contribution in [3.05, 3.63) is 39.8 Å². The van der Waals surface area contributed by atoms with Crippen LogP contribution >= 0.6 is 0 Å². The zero-order chi connectivity index (χ0) is 14.0. The first kappa shape index (κ1) is 12.7. The van der Waals surface area contributed by atoms with Gasteiger partial charge in [0.25, 0.3) is 5.56 Å². The first-order valence-corrected chi connectivity index (χ1v) is 5.52. The van der Waals surface area contributed by atoms with E-state index in [0.717, 1.165) is 5.69 Å². The fourth-order valence-corrected chi connectivity index (χ4v) is 1.63. The first-order chi connectivity index (χ1) is 8.97. The maximum Gasteiger partial charge on any atom is 0.308 e. The Kier molecular flexibility index (Phi) is 3.28. The number of carbonyl (C=O) groups is 1. The van der Waals surface area contributed by atoms with E-state index >= 15 is 0 Å². The topological polar surface area (TPSA) is 122 Å². The van der Waals surface area contributed by atoms with Gasteiger partial charge in [0.1, 0.15) is 11.5 Å². The quantitative estimate of drug-likeness (QED) is 0.731. The van der Waals surface area contributed by atoms with E-state index in [1.807, 2.05) is 13.0 Å². The van der Waals surface area contributed by atoms with Crippen LogP contribution in [-0.2, 0) is 11.2 Å². The molecule has 7 nitrogen and oxygen atoms in total. The molecule has 0 aromatic carbocycles. The van der Waals surface area contributed by atoms with Gasteiger partial charge in [-0.25, -0.2) is 9.97 Å². The Hall–Kier alpha value is -2.70. The van der Waals surface area contributed by atoms with E-state index in [4.69, 9.17) is 10.8 Å². The molecule has 0 saturated heterocycles. The Labute approximate surface area is 108 Å². The third-order valence-corrected chi connectivity index (χ3v) is 2.51. The lowest BCUT2D eigenvalue weighted by molar-refractivity contribution is -0.136. The normalized spacial score (nSPS) is 10.4. The lowest BCUT2D eigenvalue weighted by Crippen LogP contribution is -2.21. The van der Waals surface area contributed by atoms with Gasteiger partial charge < -0.3 is 15.8 Å². The summed E-state index contributed by atoms with van der Waals surface area (Å²) < 4.78 is 0. The summed E-state index contributed by atoms with van der Waals surface area (Å²) in [5.41, 5.74) is 6.26. The van der Waals surface area contributed by atoms with E-state index in [0.29, 0.717) is 5.69 Å². The van der Waals surface area contributed by atoms with Gasteiger partial charge in [0, 0.05) is 5.69 Å². The van der Waals surface area contributed by atoms with Crippen molar-refractivity contribution < 1.29 is 9.90 Å². The fraction of sp³-hybridized carbons (Fsp3) is 0.167. The van der Waals surface area contributed by atoms with E-state index in [2.05, 4.69) is 15.0 Å². The van der Waals surface area contributed by atoms with E-state index in [-0.39, 0.29) is 17.2 Å². The SMILES string of the molecule is Cc1cccc(-c2nc(N)c(CC(=O)O)c(=O)[nH]2)n1. The summed E-state index contributed by atoms with van der Waals surface area (Å²) in [5.74, 6) is -1.01. The lowest BCUT2D eigenvalue weighted by atomic mass is 10.2. The van der Waals surface area contributed by atoms with Gasteiger partial charge in [-0.2, -0.15) is 0 Å². The molecule has 2 rings (SSSR count). The maximum absolute atomic E-state index is 11.8. The number of nitrogen functional groups attached to an aromatic ring is 1. The van der Waals surface area contributed by atoms with Gasteiger partial charge in [-0.05, 0) is 19.1 Å². The zero-order valence-corrected chi connectivity index (χ0v) is 10.2. The fourth-order valence-electron chi connectivity index (χ4n) is 1.63. The van der Waals surface area contributed by atoms with Crippen LogP contribution in [0.15, 0.2) is 23.0 Å². The minimum Gasteiger partial charge on any atom is -0.481 e. The number of hydrogen-bond donors (Lipinski definition) is 3. The molecule has 4 N–H and O–H groups in total. The first-order valence-electron chi connectivity index (χ1n) is 5.52. The molecule has 0 unspecified atom stereocenters. The average molecular weight is 260 g/mol. The predicted octanol–water partition coefficient (Wildman–Crippen LogP) is 0.350. The summed E-state index contributed by atoms with van der Waals surface area (Å²) in [5, 5.41) is 8.69. The monoisotopic (exact) mass is 260 g/mol. The third-order valence-electron chi connectivity index (χ3n) is 2.51. The van der Waals surface area contributed by atoms with Crippen molar-refractivity contribution in [3.63, 3.8) is 0 Å². The van der Waals surface area contributed by atoms with Gasteiger partial charge in [0.05, 0.1) is 12.0 Å². The van der Waals surface area contributed by atoms with Crippen LogP contribution in [0.4, 0.5) is 5.82 Å². The zero-order valence-electron chi connectivity index (χ0n) is 10.2. The molecule has 0 bridgehead atoms. The number of aryl methyl sites for hydroxylation is 1. The maximum atomic E-state index is 11.8. The Morgan fingerprint density at radius 2 is 2.16 bits per heavy atom.